The Bertz CT molecular complexity index is 985. The lowest BCUT2D eigenvalue weighted by molar-refractivity contribution is 0.0980. The number of nitrogens with zero attached hydrogens (tertiary/aromatic N) is 3. The van der Waals surface area contributed by atoms with Crippen LogP contribution in [0.25, 0.3) is 5.69 Å². The lowest BCUT2D eigenvalue weighted by atomic mass is 10.1. The fourth-order valence-electron chi connectivity index (χ4n) is 3.72. The van der Waals surface area contributed by atoms with Gasteiger partial charge in [0.25, 0.3) is 0 Å². The molecular weight excluding hydrogens is 402 g/mol. The van der Waals surface area contributed by atoms with Gasteiger partial charge < -0.3 is 14.6 Å². The summed E-state index contributed by atoms with van der Waals surface area (Å²) in [6.07, 6.45) is 0.366. The number of aryl methyl sites for hydroxylation is 1. The van der Waals surface area contributed by atoms with Crippen molar-refractivity contribution in [3.8, 4) is 23.1 Å². The van der Waals surface area contributed by atoms with Crippen LogP contribution in [0.3, 0.4) is 0 Å². The van der Waals surface area contributed by atoms with Crippen LogP contribution >= 0.6 is 0 Å². The van der Waals surface area contributed by atoms with E-state index in [0.29, 0.717) is 30.6 Å². The molecule has 2 aromatic carbocycles. The predicted molar refractivity (Wildman–Crippen MR) is 128 cm³/mol. The Morgan fingerprint density at radius 2 is 1.75 bits per heavy atom. The zero-order chi connectivity index (χ0) is 23.1. The van der Waals surface area contributed by atoms with E-state index in [4.69, 9.17) is 14.6 Å². The number of ether oxygens (including phenoxy) is 2. The van der Waals surface area contributed by atoms with Crippen LogP contribution in [-0.2, 0) is 6.54 Å². The molecule has 0 fully saturated rings. The van der Waals surface area contributed by atoms with Gasteiger partial charge in [0.1, 0.15) is 11.5 Å². The van der Waals surface area contributed by atoms with Crippen LogP contribution in [0, 0.1) is 12.8 Å². The van der Waals surface area contributed by atoms with Crippen molar-refractivity contribution < 1.29 is 14.6 Å². The standard InChI is InChI=1S/C26H35N3O3/c1-6-22(30)17-28(16-19(2)3)18-25-20(4)27-29(21-11-8-7-9-12-21)26(25)32-24-14-10-13-23(15-24)31-5/h7-15,19,22,30H,6,16-18H2,1-5H3. The van der Waals surface area contributed by atoms with Gasteiger partial charge in [0.05, 0.1) is 30.2 Å². The Kier molecular flexibility index (Phi) is 8.31. The Balaban J connectivity index is 2.02. The number of methoxy groups -OCH3 is 1. The highest BCUT2D eigenvalue weighted by Crippen LogP contribution is 2.33. The van der Waals surface area contributed by atoms with Crippen molar-refractivity contribution >= 4 is 0 Å². The number of hydrogen-bond donors (Lipinski definition) is 1. The number of aliphatic hydroxyl groups is 1. The van der Waals surface area contributed by atoms with E-state index < -0.39 is 0 Å². The van der Waals surface area contributed by atoms with Crippen LogP contribution in [0.2, 0.25) is 0 Å². The molecule has 0 bridgehead atoms. The van der Waals surface area contributed by atoms with Crippen molar-refractivity contribution in [2.75, 3.05) is 20.2 Å². The molecule has 1 aromatic heterocycles. The highest BCUT2D eigenvalue weighted by Gasteiger charge is 2.23. The highest BCUT2D eigenvalue weighted by atomic mass is 16.5. The van der Waals surface area contributed by atoms with E-state index in [9.17, 15) is 5.11 Å². The molecule has 1 N–H and O–H groups in total. The third-order valence-electron chi connectivity index (χ3n) is 5.34. The number of aromatic nitrogens is 2. The maximum atomic E-state index is 10.3. The molecule has 0 aliphatic rings. The largest absolute Gasteiger partial charge is 0.497 e. The molecule has 32 heavy (non-hydrogen) atoms. The summed E-state index contributed by atoms with van der Waals surface area (Å²) in [5.74, 6) is 2.58. The summed E-state index contributed by atoms with van der Waals surface area (Å²) >= 11 is 0. The van der Waals surface area contributed by atoms with E-state index in [1.807, 2.05) is 73.1 Å². The van der Waals surface area contributed by atoms with Gasteiger partial charge in [-0.05, 0) is 43.5 Å². The van der Waals surface area contributed by atoms with Gasteiger partial charge in [-0.25, -0.2) is 4.68 Å². The molecule has 1 heterocycles. The zero-order valence-corrected chi connectivity index (χ0v) is 19.8. The lowest BCUT2D eigenvalue weighted by Gasteiger charge is -2.26. The molecule has 1 unspecified atom stereocenters. The summed E-state index contributed by atoms with van der Waals surface area (Å²) < 4.78 is 13.7. The van der Waals surface area contributed by atoms with E-state index >= 15 is 0 Å². The number of benzene rings is 2. The Labute approximate surface area is 191 Å². The number of para-hydroxylation sites is 1. The minimum Gasteiger partial charge on any atom is -0.497 e. The number of aliphatic hydroxyl groups excluding tert-OH is 1. The first-order valence-corrected chi connectivity index (χ1v) is 11.3. The molecule has 3 rings (SSSR count). The van der Waals surface area contributed by atoms with Crippen LogP contribution in [-0.4, -0.2) is 46.1 Å². The van der Waals surface area contributed by atoms with Crippen molar-refractivity contribution in [3.63, 3.8) is 0 Å². The van der Waals surface area contributed by atoms with E-state index in [1.165, 1.54) is 0 Å². The lowest BCUT2D eigenvalue weighted by Crippen LogP contribution is -2.34. The Hall–Kier alpha value is -2.83. The molecule has 0 spiro atoms. The molecule has 0 saturated heterocycles. The van der Waals surface area contributed by atoms with Gasteiger partial charge in [-0.3, -0.25) is 4.90 Å². The normalized spacial score (nSPS) is 12.4. The summed E-state index contributed by atoms with van der Waals surface area (Å²) in [6.45, 7) is 10.5. The fraction of sp³-hybridized carbons (Fsp3) is 0.423. The molecule has 0 aliphatic carbocycles. The second-order valence-corrected chi connectivity index (χ2v) is 8.55. The Morgan fingerprint density at radius 3 is 2.41 bits per heavy atom. The summed E-state index contributed by atoms with van der Waals surface area (Å²) in [7, 11) is 1.64. The maximum Gasteiger partial charge on any atom is 0.227 e. The van der Waals surface area contributed by atoms with E-state index in [-0.39, 0.29) is 6.10 Å². The molecule has 0 amide bonds. The molecule has 0 radical (unpaired) electrons. The van der Waals surface area contributed by atoms with Gasteiger partial charge in [-0.1, -0.05) is 45.0 Å². The fourth-order valence-corrected chi connectivity index (χ4v) is 3.72. The first-order chi connectivity index (χ1) is 15.4. The molecule has 6 nitrogen and oxygen atoms in total. The van der Waals surface area contributed by atoms with Crippen molar-refractivity contribution in [1.82, 2.24) is 14.7 Å². The molecule has 0 saturated carbocycles. The smallest absolute Gasteiger partial charge is 0.227 e. The van der Waals surface area contributed by atoms with Crippen LogP contribution in [0.4, 0.5) is 0 Å². The molecule has 3 aromatic rings. The van der Waals surface area contributed by atoms with Gasteiger partial charge >= 0.3 is 0 Å². The second-order valence-electron chi connectivity index (χ2n) is 8.55. The third kappa shape index (κ3) is 6.11. The predicted octanol–water partition coefficient (Wildman–Crippen LogP) is 5.21. The van der Waals surface area contributed by atoms with Crippen LogP contribution in [0.5, 0.6) is 17.4 Å². The van der Waals surface area contributed by atoms with E-state index in [2.05, 4.69) is 18.7 Å². The van der Waals surface area contributed by atoms with Gasteiger partial charge in [0.15, 0.2) is 0 Å². The topological polar surface area (TPSA) is 59.8 Å². The number of hydrogen-bond acceptors (Lipinski definition) is 5. The van der Waals surface area contributed by atoms with Gasteiger partial charge in [-0.2, -0.15) is 5.10 Å². The van der Waals surface area contributed by atoms with Crippen LogP contribution in [0.1, 0.15) is 38.4 Å². The minimum atomic E-state index is -0.360. The Morgan fingerprint density at radius 1 is 1.03 bits per heavy atom. The average Bonchev–Trinajstić information content (AvgIpc) is 3.09. The van der Waals surface area contributed by atoms with Crippen molar-refractivity contribution in [2.45, 2.75) is 46.8 Å². The number of rotatable bonds is 11. The van der Waals surface area contributed by atoms with Crippen LogP contribution in [0.15, 0.2) is 54.6 Å². The summed E-state index contributed by atoms with van der Waals surface area (Å²) in [5, 5.41) is 15.1. The first-order valence-electron chi connectivity index (χ1n) is 11.3. The minimum absolute atomic E-state index is 0.360. The van der Waals surface area contributed by atoms with E-state index in [1.54, 1.807) is 7.11 Å². The summed E-state index contributed by atoms with van der Waals surface area (Å²) in [4.78, 5) is 2.29. The first kappa shape index (κ1) is 23.8. The van der Waals surface area contributed by atoms with Gasteiger partial charge in [0, 0.05) is 25.7 Å². The molecule has 6 heteroatoms. The summed E-state index contributed by atoms with van der Waals surface area (Å²) in [5.41, 5.74) is 2.86. The molecule has 172 valence electrons. The average molecular weight is 438 g/mol. The SMILES string of the molecule is CCC(O)CN(Cc1c(C)nn(-c2ccccc2)c1Oc1cccc(OC)c1)CC(C)C. The molecule has 1 atom stereocenters. The van der Waals surface area contributed by atoms with Gasteiger partial charge in [-0.15, -0.1) is 0 Å². The van der Waals surface area contributed by atoms with Crippen molar-refractivity contribution in [3.05, 3.63) is 65.9 Å². The van der Waals surface area contributed by atoms with Crippen molar-refractivity contribution in [2.24, 2.45) is 5.92 Å². The zero-order valence-electron chi connectivity index (χ0n) is 19.8. The molecular formula is C26H35N3O3. The second kappa shape index (κ2) is 11.2. The van der Waals surface area contributed by atoms with Crippen molar-refractivity contribution in [1.29, 1.82) is 0 Å². The van der Waals surface area contributed by atoms with E-state index in [0.717, 1.165) is 35.7 Å². The third-order valence-corrected chi connectivity index (χ3v) is 5.34. The molecule has 0 aliphatic heterocycles. The monoisotopic (exact) mass is 437 g/mol. The van der Waals surface area contributed by atoms with Crippen LogP contribution < -0.4 is 9.47 Å². The maximum absolute atomic E-state index is 10.3. The highest BCUT2D eigenvalue weighted by molar-refractivity contribution is 5.44. The van der Waals surface area contributed by atoms with Gasteiger partial charge in [0.2, 0.25) is 5.88 Å². The summed E-state index contributed by atoms with van der Waals surface area (Å²) in [6, 6.07) is 17.6. The quantitative estimate of drug-likeness (QED) is 0.446.